The molecule has 13 heteroatoms. The molecule has 0 amide bonds. The van der Waals surface area contributed by atoms with Crippen LogP contribution in [0.1, 0.15) is 14.8 Å². The Labute approximate surface area is 173 Å². The van der Waals surface area contributed by atoms with Crippen LogP contribution in [0.4, 0.5) is 0 Å². The van der Waals surface area contributed by atoms with E-state index in [1.165, 1.54) is 0 Å². The monoisotopic (exact) mass is 403 g/mol. The van der Waals surface area contributed by atoms with Gasteiger partial charge in [0, 0.05) is 6.92 Å². The molecule has 0 rings (SSSR count). The molecule has 0 aromatic rings. The normalized spacial score (nSPS) is 6.79. The second-order valence-corrected chi connectivity index (χ2v) is 2.86. The van der Waals surface area contributed by atoms with Gasteiger partial charge in [-0.05, 0) is 6.54 Å². The summed E-state index contributed by atoms with van der Waals surface area (Å²) in [5, 5.41) is 22.6. The Balaban J connectivity index is -0.0000000370. The van der Waals surface area contributed by atoms with Crippen molar-refractivity contribution in [2.24, 2.45) is 5.73 Å². The smallest absolute Gasteiger partial charge is 1.00 e. The van der Waals surface area contributed by atoms with Crippen molar-refractivity contribution in [3.8, 4) is 0 Å². The molecule has 0 aromatic carbocycles. The van der Waals surface area contributed by atoms with E-state index < -0.39 is 36.3 Å². The van der Waals surface area contributed by atoms with E-state index >= 15 is 0 Å². The van der Waals surface area contributed by atoms with Gasteiger partial charge < -0.3 is 33.0 Å². The van der Waals surface area contributed by atoms with E-state index in [1.807, 2.05) is 0 Å². The number of aliphatic carboxylic acids is 3. The molecule has 1 radical (unpaired) electrons. The van der Waals surface area contributed by atoms with Gasteiger partial charge in [-0.2, -0.15) is 0 Å². The average Bonchev–Trinajstić information content (AvgIpc) is 2.25. The first-order valence-corrected chi connectivity index (χ1v) is 5.28. The van der Waals surface area contributed by atoms with E-state index in [0.29, 0.717) is 13.1 Å². The van der Waals surface area contributed by atoms with Crippen LogP contribution in [0.25, 0.3) is 5.73 Å². The zero-order valence-electron chi connectivity index (χ0n) is 14.3. The molecule has 0 unspecified atom stereocenters. The van der Waals surface area contributed by atoms with Gasteiger partial charge in [0.05, 0.1) is 0 Å². The maximum atomic E-state index is 10.2. The number of carbonyl (C=O) groups excluding carboxylic acids is 2. The first-order valence-electron chi connectivity index (χ1n) is 5.28. The number of carboxylic acids is 3. The largest absolute Gasteiger partial charge is 3.00 e. The molecule has 6 N–H and O–H groups in total. The Morgan fingerprint density at radius 2 is 1.33 bits per heavy atom. The summed E-state index contributed by atoms with van der Waals surface area (Å²) < 4.78 is 3.90. The van der Waals surface area contributed by atoms with Gasteiger partial charge >= 0.3 is 64.5 Å². The molecular weight excluding hydrogens is 383 g/mol. The summed E-state index contributed by atoms with van der Waals surface area (Å²) in [6.45, 7) is 6.97. The Hall–Kier alpha value is -1.27. The van der Waals surface area contributed by atoms with Crippen LogP contribution in [0, 0.1) is 13.8 Å². The van der Waals surface area contributed by atoms with Crippen molar-refractivity contribution in [2.45, 2.75) is 13.3 Å². The third-order valence-electron chi connectivity index (χ3n) is 0.697. The number of rotatable bonds is 3. The fourth-order valence-corrected chi connectivity index (χ4v) is 0.320. The molecule has 0 atom stereocenters. The van der Waals surface area contributed by atoms with E-state index in [4.69, 9.17) is 36.4 Å². The maximum Gasteiger partial charge on any atom is 3.00 e. The Kier molecular flexibility index (Phi) is 47.5. The summed E-state index contributed by atoms with van der Waals surface area (Å²) in [7, 11) is 0. The Morgan fingerprint density at radius 3 is 1.46 bits per heavy atom. The number of nitrogens with two attached hydrogens (primary N) is 1. The van der Waals surface area contributed by atoms with Crippen LogP contribution in [0.15, 0.2) is 0 Å². The van der Waals surface area contributed by atoms with Crippen LogP contribution in [-0.4, -0.2) is 58.3 Å². The van der Waals surface area contributed by atoms with Crippen LogP contribution in [0.2, 0.25) is 0 Å². The minimum Gasteiger partial charge on any atom is -1.00 e. The van der Waals surface area contributed by atoms with E-state index in [9.17, 15) is 14.4 Å². The predicted molar refractivity (Wildman–Crippen MR) is 74.4 cm³/mol. The van der Waals surface area contributed by atoms with Gasteiger partial charge in [0.15, 0.2) is 11.9 Å². The predicted octanol–water partition coefficient (Wildman–Crippen LogP) is -3.53. The molecular formula is C11H20FeN2NaO9. The number of carbonyl (C=O) groups is 5. The van der Waals surface area contributed by atoms with E-state index in [0.717, 1.165) is 6.92 Å². The first kappa shape index (κ1) is 38.3. The van der Waals surface area contributed by atoms with E-state index in [2.05, 4.69) is 18.6 Å². The molecule has 24 heavy (non-hydrogen) atoms. The van der Waals surface area contributed by atoms with Crippen molar-refractivity contribution >= 4 is 29.8 Å². The number of nitrogens with one attached hydrogen (secondary N) is 1. The molecule has 137 valence electrons. The summed E-state index contributed by atoms with van der Waals surface area (Å²) in [6.07, 6.45) is -0.778. The number of ether oxygens (including phenoxy) is 1. The Bertz CT molecular complexity index is 333. The molecule has 0 aliphatic rings. The molecule has 0 aromatic heterocycles. The van der Waals surface area contributed by atoms with Crippen LogP contribution < -0.4 is 35.3 Å². The quantitative estimate of drug-likeness (QED) is 0.158. The van der Waals surface area contributed by atoms with Crippen LogP contribution in [-0.2, 0) is 45.8 Å². The van der Waals surface area contributed by atoms with Gasteiger partial charge in [-0.1, -0.05) is 0 Å². The van der Waals surface area contributed by atoms with Gasteiger partial charge in [-0.15, -0.1) is 6.54 Å². The maximum absolute atomic E-state index is 10.2. The standard InChI is InChI=1S/C5H6O5.C2H7N2.2C2H3O2.Fe.Na.H/c1-3(6)10-5(9)2-4(7)8;3-1-2-4;2*1-2(3)4;;;/h2H2,1H3,(H,7,8);3H,1-2,4H2;2*1H2,(H,3,4);;;/q;3*-1;+3;+1;-1. The zero-order valence-corrected chi connectivity index (χ0v) is 16.4. The van der Waals surface area contributed by atoms with Crippen LogP contribution in [0.3, 0.4) is 0 Å². The molecule has 0 saturated carbocycles. The molecule has 0 bridgehead atoms. The Morgan fingerprint density at radius 1 is 1.08 bits per heavy atom. The second-order valence-electron chi connectivity index (χ2n) is 2.86. The second kappa shape index (κ2) is 29.7. The van der Waals surface area contributed by atoms with Crippen molar-refractivity contribution < 1.29 is 92.1 Å². The molecule has 0 heterocycles. The van der Waals surface area contributed by atoms with Gasteiger partial charge in [-0.3, -0.25) is 37.8 Å². The molecule has 0 fully saturated rings. The van der Waals surface area contributed by atoms with Gasteiger partial charge in [0.1, 0.15) is 6.42 Å². The molecule has 0 saturated heterocycles. The van der Waals surface area contributed by atoms with Gasteiger partial charge in [0.2, 0.25) is 0 Å². The van der Waals surface area contributed by atoms with Gasteiger partial charge in [0.25, 0.3) is 0 Å². The third-order valence-corrected chi connectivity index (χ3v) is 0.697. The molecule has 0 spiro atoms. The van der Waals surface area contributed by atoms with Crippen molar-refractivity contribution in [2.75, 3.05) is 13.1 Å². The SMILES string of the molecule is CC(=O)OC(=O)CC(=O)O.[CH2-]C(=O)O.[CH2-]C(=O)O.[Fe+3].[H-].[NH-]CCN.[Na+]. The summed E-state index contributed by atoms with van der Waals surface area (Å²) in [5.74, 6) is -5.32. The van der Waals surface area contributed by atoms with Crippen molar-refractivity contribution in [3.63, 3.8) is 0 Å². The summed E-state index contributed by atoms with van der Waals surface area (Å²) >= 11 is 0. The first-order chi connectivity index (χ1) is 9.90. The minimum atomic E-state index is -1.31. The molecule has 11 nitrogen and oxygen atoms in total. The third kappa shape index (κ3) is 135. The van der Waals surface area contributed by atoms with Crippen molar-refractivity contribution in [1.82, 2.24) is 0 Å². The number of hydrogen-bond donors (Lipinski definition) is 4. The van der Waals surface area contributed by atoms with Crippen molar-refractivity contribution in [3.05, 3.63) is 19.6 Å². The summed E-state index contributed by atoms with van der Waals surface area (Å²) in [5.41, 5.74) is 11.2. The molecule has 0 aliphatic heterocycles. The van der Waals surface area contributed by atoms with Crippen LogP contribution >= 0.6 is 0 Å². The average molecular weight is 403 g/mol. The van der Waals surface area contributed by atoms with Crippen LogP contribution in [0.5, 0.6) is 0 Å². The molecule has 0 aliphatic carbocycles. The topological polar surface area (TPSA) is 205 Å². The van der Waals surface area contributed by atoms with E-state index in [1.54, 1.807) is 0 Å². The summed E-state index contributed by atoms with van der Waals surface area (Å²) in [6, 6.07) is 0. The summed E-state index contributed by atoms with van der Waals surface area (Å²) in [4.78, 5) is 47.8. The van der Waals surface area contributed by atoms with Crippen molar-refractivity contribution in [1.29, 1.82) is 0 Å². The number of carboxylic acid groups (broad SMARTS) is 3. The fourth-order valence-electron chi connectivity index (χ4n) is 0.320. The fraction of sp³-hybridized carbons (Fsp3) is 0.364. The number of hydrogen-bond acceptors (Lipinski definition) is 7. The van der Waals surface area contributed by atoms with Gasteiger partial charge in [-0.25, -0.2) is 0 Å². The van der Waals surface area contributed by atoms with E-state index in [-0.39, 0.29) is 48.1 Å². The minimum absolute atomic E-state index is 0. The number of esters is 2. The zero-order chi connectivity index (χ0) is 18.7.